The number of carbonyl (C=O) groups excluding carboxylic acids is 1. The van der Waals surface area contributed by atoms with Gasteiger partial charge in [-0.15, -0.1) is 0 Å². The van der Waals surface area contributed by atoms with Gasteiger partial charge in [0.05, 0.1) is 0 Å². The van der Waals surface area contributed by atoms with Crippen molar-refractivity contribution in [3.63, 3.8) is 0 Å². The maximum atomic E-state index is 11.1. The summed E-state index contributed by atoms with van der Waals surface area (Å²) in [5.74, 6) is 1.71. The van der Waals surface area contributed by atoms with Crippen LogP contribution in [0.3, 0.4) is 0 Å². The highest BCUT2D eigenvalue weighted by atomic mass is 33.1. The number of hydrogen-bond acceptors (Lipinski definition) is 3. The average Bonchev–Trinajstić information content (AvgIpc) is 1.97. The number of ketones is 1. The summed E-state index contributed by atoms with van der Waals surface area (Å²) in [5, 5.41) is 0. The first kappa shape index (κ1) is 11.4. The van der Waals surface area contributed by atoms with Crippen molar-refractivity contribution in [1.29, 1.82) is 0 Å². The normalized spacial score (nSPS) is 10.5. The number of hydrogen-bond donors (Lipinski definition) is 0. The van der Waals surface area contributed by atoms with E-state index < -0.39 is 0 Å². The molecule has 0 atom stereocenters. The van der Waals surface area contributed by atoms with E-state index in [0.29, 0.717) is 5.78 Å². The zero-order chi connectivity index (χ0) is 8.69. The molecule has 0 aliphatic carbocycles. The van der Waals surface area contributed by atoms with Crippen LogP contribution >= 0.6 is 21.6 Å². The van der Waals surface area contributed by atoms with Gasteiger partial charge in [0.25, 0.3) is 0 Å². The molecule has 0 saturated heterocycles. The van der Waals surface area contributed by atoms with Crippen LogP contribution in [0.25, 0.3) is 0 Å². The van der Waals surface area contributed by atoms with Gasteiger partial charge >= 0.3 is 0 Å². The first-order chi connectivity index (χ1) is 5.18. The molecule has 0 aromatic carbocycles. The summed E-state index contributed by atoms with van der Waals surface area (Å²) in [6.07, 6.45) is 3.85. The molecule has 1 nitrogen and oxygen atoms in total. The van der Waals surface area contributed by atoms with Crippen molar-refractivity contribution in [2.24, 2.45) is 5.92 Å². The topological polar surface area (TPSA) is 17.1 Å². The molecule has 11 heavy (non-hydrogen) atoms. The Hall–Kier alpha value is 0.370. The molecule has 0 radical (unpaired) electrons. The average molecular weight is 192 g/mol. The lowest BCUT2D eigenvalue weighted by Gasteiger charge is -2.02. The minimum atomic E-state index is 0.217. The van der Waals surface area contributed by atoms with Crippen LogP contribution in [0, 0.1) is 5.92 Å². The SMILES string of the molecule is CSSCCCC(=O)C(C)C. The van der Waals surface area contributed by atoms with E-state index in [1.807, 2.05) is 24.6 Å². The predicted molar refractivity (Wildman–Crippen MR) is 55.1 cm³/mol. The summed E-state index contributed by atoms with van der Waals surface area (Å²) >= 11 is 0. The van der Waals surface area contributed by atoms with Gasteiger partial charge in [-0.3, -0.25) is 4.79 Å². The van der Waals surface area contributed by atoms with Crippen molar-refractivity contribution >= 4 is 27.4 Å². The lowest BCUT2D eigenvalue weighted by atomic mass is 10.1. The Labute approximate surface area is 77.1 Å². The second-order valence-corrected chi connectivity index (χ2v) is 5.40. The van der Waals surface area contributed by atoms with Gasteiger partial charge in [0.2, 0.25) is 0 Å². The third-order valence-corrected chi connectivity index (χ3v) is 3.31. The van der Waals surface area contributed by atoms with E-state index in [1.54, 1.807) is 10.8 Å². The van der Waals surface area contributed by atoms with Crippen LogP contribution in [0.15, 0.2) is 0 Å². The molecule has 0 aromatic rings. The highest BCUT2D eigenvalue weighted by Crippen LogP contribution is 2.18. The van der Waals surface area contributed by atoms with E-state index in [-0.39, 0.29) is 5.92 Å². The third-order valence-electron chi connectivity index (χ3n) is 1.41. The molecule has 0 bridgehead atoms. The van der Waals surface area contributed by atoms with Gasteiger partial charge in [0.15, 0.2) is 0 Å². The molecule has 0 N–H and O–H groups in total. The molecule has 0 aliphatic heterocycles. The molecule has 66 valence electrons. The van der Waals surface area contributed by atoms with E-state index in [2.05, 4.69) is 6.26 Å². The van der Waals surface area contributed by atoms with Gasteiger partial charge in [-0.2, -0.15) is 0 Å². The molecule has 0 spiro atoms. The van der Waals surface area contributed by atoms with Crippen molar-refractivity contribution < 1.29 is 4.79 Å². The molecule has 0 unspecified atom stereocenters. The van der Waals surface area contributed by atoms with Crippen molar-refractivity contribution in [1.82, 2.24) is 0 Å². The Morgan fingerprint density at radius 1 is 1.45 bits per heavy atom. The van der Waals surface area contributed by atoms with Crippen LogP contribution in [0.4, 0.5) is 0 Å². The quantitative estimate of drug-likeness (QED) is 0.476. The van der Waals surface area contributed by atoms with Crippen LogP contribution < -0.4 is 0 Å². The van der Waals surface area contributed by atoms with E-state index in [0.717, 1.165) is 18.6 Å². The molecule has 0 fully saturated rings. The first-order valence-electron chi connectivity index (χ1n) is 3.86. The largest absolute Gasteiger partial charge is 0.299 e. The monoisotopic (exact) mass is 192 g/mol. The summed E-state index contributed by atoms with van der Waals surface area (Å²) in [6.45, 7) is 3.92. The fourth-order valence-electron chi connectivity index (χ4n) is 0.677. The second-order valence-electron chi connectivity index (χ2n) is 2.71. The van der Waals surface area contributed by atoms with E-state index in [9.17, 15) is 4.79 Å². The molecule has 0 rings (SSSR count). The minimum absolute atomic E-state index is 0.217. The summed E-state index contributed by atoms with van der Waals surface area (Å²) < 4.78 is 0. The Morgan fingerprint density at radius 2 is 2.09 bits per heavy atom. The lowest BCUT2D eigenvalue weighted by Crippen LogP contribution is -2.06. The van der Waals surface area contributed by atoms with Crippen LogP contribution in [-0.4, -0.2) is 17.8 Å². The molecule has 3 heteroatoms. The van der Waals surface area contributed by atoms with E-state index in [4.69, 9.17) is 0 Å². The summed E-state index contributed by atoms with van der Waals surface area (Å²) in [5.41, 5.74) is 0. The highest BCUT2D eigenvalue weighted by Gasteiger charge is 2.05. The Morgan fingerprint density at radius 3 is 2.55 bits per heavy atom. The number of carbonyl (C=O) groups is 1. The molecule has 0 amide bonds. The van der Waals surface area contributed by atoms with Crippen molar-refractivity contribution in [2.75, 3.05) is 12.0 Å². The summed E-state index contributed by atoms with van der Waals surface area (Å²) in [4.78, 5) is 11.1. The van der Waals surface area contributed by atoms with Crippen molar-refractivity contribution in [3.05, 3.63) is 0 Å². The van der Waals surface area contributed by atoms with E-state index >= 15 is 0 Å². The second kappa shape index (κ2) is 7.04. The number of rotatable bonds is 6. The first-order valence-corrected chi connectivity index (χ1v) is 6.59. The van der Waals surface area contributed by atoms with Crippen LogP contribution in [0.2, 0.25) is 0 Å². The minimum Gasteiger partial charge on any atom is -0.299 e. The van der Waals surface area contributed by atoms with Gasteiger partial charge in [-0.25, -0.2) is 0 Å². The molecular formula is C8H16OS2. The Kier molecular flexibility index (Phi) is 7.28. The van der Waals surface area contributed by atoms with Crippen LogP contribution in [0.5, 0.6) is 0 Å². The smallest absolute Gasteiger partial charge is 0.135 e. The van der Waals surface area contributed by atoms with Gasteiger partial charge in [-0.1, -0.05) is 35.4 Å². The predicted octanol–water partition coefficient (Wildman–Crippen LogP) is 3.00. The molecule has 0 aliphatic rings. The van der Waals surface area contributed by atoms with Gasteiger partial charge in [0, 0.05) is 18.1 Å². The fraction of sp³-hybridized carbons (Fsp3) is 0.875. The van der Waals surface area contributed by atoms with Crippen LogP contribution in [0.1, 0.15) is 26.7 Å². The fourth-order valence-corrected chi connectivity index (χ4v) is 1.96. The lowest BCUT2D eigenvalue weighted by molar-refractivity contribution is -0.121. The van der Waals surface area contributed by atoms with Crippen LogP contribution in [-0.2, 0) is 4.79 Å². The highest BCUT2D eigenvalue weighted by molar-refractivity contribution is 8.76. The molecular weight excluding hydrogens is 176 g/mol. The zero-order valence-corrected chi connectivity index (χ0v) is 9.06. The van der Waals surface area contributed by atoms with Crippen molar-refractivity contribution in [2.45, 2.75) is 26.7 Å². The number of Topliss-reactive ketones (excluding diaryl/α,β-unsaturated/α-hetero) is 1. The van der Waals surface area contributed by atoms with Gasteiger partial charge < -0.3 is 0 Å². The van der Waals surface area contributed by atoms with Gasteiger partial charge in [-0.05, 0) is 12.7 Å². The Bertz CT molecular complexity index is 113. The molecule has 0 heterocycles. The third kappa shape index (κ3) is 6.76. The van der Waals surface area contributed by atoms with E-state index in [1.165, 1.54) is 0 Å². The maximum Gasteiger partial charge on any atom is 0.135 e. The summed E-state index contributed by atoms with van der Waals surface area (Å²) in [7, 11) is 3.59. The standard InChI is InChI=1S/C8H16OS2/c1-7(2)8(9)5-4-6-11-10-3/h7H,4-6H2,1-3H3. The molecule has 0 saturated carbocycles. The maximum absolute atomic E-state index is 11.1. The summed E-state index contributed by atoms with van der Waals surface area (Å²) in [6, 6.07) is 0. The van der Waals surface area contributed by atoms with Gasteiger partial charge in [0.1, 0.15) is 5.78 Å². The Balaban J connectivity index is 3.18. The van der Waals surface area contributed by atoms with Crippen molar-refractivity contribution in [3.8, 4) is 0 Å². The zero-order valence-electron chi connectivity index (χ0n) is 7.42. The molecule has 0 aromatic heterocycles.